The molecule has 0 N–H and O–H groups in total. The molecule has 1 heterocycles. The Morgan fingerprint density at radius 3 is 2.61 bits per heavy atom. The maximum Gasteiger partial charge on any atom is 0.243 e. The van der Waals surface area contributed by atoms with Gasteiger partial charge in [0.05, 0.1) is 6.07 Å². The molecule has 2 rings (SSSR count). The topological polar surface area (TPSA) is 44.1 Å². The average Bonchev–Trinajstić information content (AvgIpc) is 2.77. The fraction of sp³-hybridized carbons (Fsp3) is 0.867. The van der Waals surface area contributed by atoms with E-state index in [4.69, 9.17) is 0 Å². The zero-order valence-electron chi connectivity index (χ0n) is 11.5. The molecule has 0 aromatic rings. The summed E-state index contributed by atoms with van der Waals surface area (Å²) in [6.07, 6.45) is 8.28. The van der Waals surface area contributed by atoms with Gasteiger partial charge in [0.15, 0.2) is 0 Å². The molecule has 1 aliphatic heterocycles. The highest BCUT2D eigenvalue weighted by Gasteiger charge is 2.44. The van der Waals surface area contributed by atoms with E-state index in [-0.39, 0.29) is 5.91 Å². The van der Waals surface area contributed by atoms with E-state index in [9.17, 15) is 10.1 Å². The Morgan fingerprint density at radius 1 is 1.28 bits per heavy atom. The van der Waals surface area contributed by atoms with Gasteiger partial charge >= 0.3 is 0 Å². The van der Waals surface area contributed by atoms with Gasteiger partial charge in [-0.1, -0.05) is 26.2 Å². The van der Waals surface area contributed by atoms with Crippen LogP contribution in [0.2, 0.25) is 0 Å². The van der Waals surface area contributed by atoms with Crippen LogP contribution in [0.5, 0.6) is 0 Å². The molecule has 2 fully saturated rings. The first-order valence-electron chi connectivity index (χ1n) is 7.42. The zero-order valence-corrected chi connectivity index (χ0v) is 11.5. The van der Waals surface area contributed by atoms with Crippen LogP contribution in [0, 0.1) is 22.7 Å². The van der Waals surface area contributed by atoms with Crippen LogP contribution in [-0.4, -0.2) is 23.9 Å². The standard InChI is InChI=1S/C15H24N2O/c1-2-13-6-5-10-17(11-7-13)14(18)15(12-16)8-3-4-9-15/h13H,2-11H2,1H3. The number of carbonyl (C=O) groups is 1. The molecule has 18 heavy (non-hydrogen) atoms. The van der Waals surface area contributed by atoms with Crippen LogP contribution in [0.4, 0.5) is 0 Å². The fourth-order valence-electron chi connectivity index (χ4n) is 3.43. The molecule has 1 saturated carbocycles. The van der Waals surface area contributed by atoms with Crippen molar-refractivity contribution < 1.29 is 4.79 Å². The molecule has 1 atom stereocenters. The van der Waals surface area contributed by atoms with Gasteiger partial charge in [0.2, 0.25) is 5.91 Å². The Labute approximate surface area is 110 Å². The van der Waals surface area contributed by atoms with Gasteiger partial charge in [0.25, 0.3) is 0 Å². The summed E-state index contributed by atoms with van der Waals surface area (Å²) in [4.78, 5) is 14.6. The highest BCUT2D eigenvalue weighted by atomic mass is 16.2. The highest BCUT2D eigenvalue weighted by Crippen LogP contribution is 2.39. The fourth-order valence-corrected chi connectivity index (χ4v) is 3.43. The van der Waals surface area contributed by atoms with Crippen LogP contribution in [-0.2, 0) is 4.79 Å². The molecule has 2 aliphatic rings. The van der Waals surface area contributed by atoms with Gasteiger partial charge in [-0.2, -0.15) is 5.26 Å². The number of rotatable bonds is 2. The van der Waals surface area contributed by atoms with Crippen LogP contribution in [0.15, 0.2) is 0 Å². The predicted octanol–water partition coefficient (Wildman–Crippen LogP) is 3.11. The minimum absolute atomic E-state index is 0.124. The minimum Gasteiger partial charge on any atom is -0.341 e. The van der Waals surface area contributed by atoms with Gasteiger partial charge in [-0.25, -0.2) is 0 Å². The van der Waals surface area contributed by atoms with E-state index in [0.29, 0.717) is 0 Å². The van der Waals surface area contributed by atoms with Crippen molar-refractivity contribution >= 4 is 5.91 Å². The smallest absolute Gasteiger partial charge is 0.243 e. The van der Waals surface area contributed by atoms with E-state index in [0.717, 1.165) is 57.5 Å². The van der Waals surface area contributed by atoms with E-state index in [2.05, 4.69) is 13.0 Å². The highest BCUT2D eigenvalue weighted by molar-refractivity contribution is 5.85. The lowest BCUT2D eigenvalue weighted by Crippen LogP contribution is -2.42. The molecule has 0 aromatic heterocycles. The second kappa shape index (κ2) is 5.73. The molecule has 0 bridgehead atoms. The van der Waals surface area contributed by atoms with Crippen molar-refractivity contribution in [3.05, 3.63) is 0 Å². The quantitative estimate of drug-likeness (QED) is 0.753. The summed E-state index contributed by atoms with van der Waals surface area (Å²) in [5.74, 6) is 0.892. The summed E-state index contributed by atoms with van der Waals surface area (Å²) in [5, 5.41) is 9.39. The van der Waals surface area contributed by atoms with Gasteiger partial charge in [-0.15, -0.1) is 0 Å². The monoisotopic (exact) mass is 248 g/mol. The zero-order chi connectivity index (χ0) is 13.0. The summed E-state index contributed by atoms with van der Waals surface area (Å²) in [6.45, 7) is 3.95. The molecule has 1 saturated heterocycles. The first kappa shape index (κ1) is 13.4. The van der Waals surface area contributed by atoms with E-state index in [1.54, 1.807) is 0 Å². The van der Waals surface area contributed by atoms with Gasteiger partial charge in [-0.05, 0) is 38.0 Å². The first-order valence-corrected chi connectivity index (χ1v) is 7.42. The van der Waals surface area contributed by atoms with E-state index >= 15 is 0 Å². The molecule has 100 valence electrons. The third-order valence-corrected chi connectivity index (χ3v) is 4.79. The van der Waals surface area contributed by atoms with Crippen molar-refractivity contribution in [2.24, 2.45) is 11.3 Å². The number of hydrogen-bond donors (Lipinski definition) is 0. The third-order valence-electron chi connectivity index (χ3n) is 4.79. The summed E-state index contributed by atoms with van der Waals surface area (Å²) >= 11 is 0. The van der Waals surface area contributed by atoms with Crippen molar-refractivity contribution in [3.63, 3.8) is 0 Å². The number of hydrogen-bond acceptors (Lipinski definition) is 2. The third kappa shape index (κ3) is 2.53. The average molecular weight is 248 g/mol. The molecule has 1 unspecified atom stereocenters. The van der Waals surface area contributed by atoms with Gasteiger partial charge in [0.1, 0.15) is 5.41 Å². The minimum atomic E-state index is -0.675. The SMILES string of the molecule is CCC1CCCN(C(=O)C2(C#N)CCCC2)CC1. The maximum atomic E-state index is 12.6. The molecule has 0 aromatic carbocycles. The lowest BCUT2D eigenvalue weighted by molar-refractivity contribution is -0.138. The van der Waals surface area contributed by atoms with Gasteiger partial charge in [0, 0.05) is 13.1 Å². The van der Waals surface area contributed by atoms with Crippen molar-refractivity contribution in [2.45, 2.75) is 58.3 Å². The molecule has 0 radical (unpaired) electrons. The summed E-state index contributed by atoms with van der Waals surface area (Å²) in [7, 11) is 0. The number of amides is 1. The Balaban J connectivity index is 2.02. The second-order valence-electron chi connectivity index (χ2n) is 5.90. The van der Waals surface area contributed by atoms with E-state index < -0.39 is 5.41 Å². The molecular weight excluding hydrogens is 224 g/mol. The summed E-state index contributed by atoms with van der Waals surface area (Å²) in [6, 6.07) is 2.33. The van der Waals surface area contributed by atoms with Crippen LogP contribution in [0.1, 0.15) is 58.3 Å². The lowest BCUT2D eigenvalue weighted by Gasteiger charge is -2.28. The molecule has 3 nitrogen and oxygen atoms in total. The van der Waals surface area contributed by atoms with E-state index in [1.807, 2.05) is 4.90 Å². The Hall–Kier alpha value is -1.04. The van der Waals surface area contributed by atoms with Crippen LogP contribution in [0.25, 0.3) is 0 Å². The Bertz CT molecular complexity index is 339. The van der Waals surface area contributed by atoms with E-state index in [1.165, 1.54) is 12.8 Å². The van der Waals surface area contributed by atoms with Crippen LogP contribution >= 0.6 is 0 Å². The molecule has 0 spiro atoms. The predicted molar refractivity (Wildman–Crippen MR) is 70.7 cm³/mol. The Kier molecular flexibility index (Phi) is 4.27. The van der Waals surface area contributed by atoms with Crippen molar-refractivity contribution in [2.75, 3.05) is 13.1 Å². The number of nitriles is 1. The second-order valence-corrected chi connectivity index (χ2v) is 5.90. The summed E-state index contributed by atoms with van der Waals surface area (Å²) in [5.41, 5.74) is -0.675. The molecule has 3 heteroatoms. The van der Waals surface area contributed by atoms with Crippen LogP contribution < -0.4 is 0 Å². The van der Waals surface area contributed by atoms with Crippen molar-refractivity contribution in [3.8, 4) is 6.07 Å². The number of likely N-dealkylation sites (tertiary alicyclic amines) is 1. The van der Waals surface area contributed by atoms with Gasteiger partial charge < -0.3 is 4.90 Å². The maximum absolute atomic E-state index is 12.6. The van der Waals surface area contributed by atoms with Crippen molar-refractivity contribution in [1.82, 2.24) is 4.90 Å². The lowest BCUT2D eigenvalue weighted by atomic mass is 9.86. The molecule has 1 aliphatic carbocycles. The number of carbonyl (C=O) groups excluding carboxylic acids is 1. The number of nitrogens with zero attached hydrogens (tertiary/aromatic N) is 2. The Morgan fingerprint density at radius 2 is 2.00 bits per heavy atom. The molecule has 1 amide bonds. The largest absolute Gasteiger partial charge is 0.341 e. The summed E-state index contributed by atoms with van der Waals surface area (Å²) < 4.78 is 0. The van der Waals surface area contributed by atoms with Crippen LogP contribution in [0.3, 0.4) is 0 Å². The first-order chi connectivity index (χ1) is 8.72. The molecular formula is C15H24N2O. The normalized spacial score (nSPS) is 27.6. The van der Waals surface area contributed by atoms with Gasteiger partial charge in [-0.3, -0.25) is 4.79 Å². The van der Waals surface area contributed by atoms with Crippen molar-refractivity contribution in [1.29, 1.82) is 5.26 Å².